The molecule has 0 aliphatic carbocycles. The van der Waals surface area contributed by atoms with Crippen LogP contribution in [0.1, 0.15) is 24.8 Å². The van der Waals surface area contributed by atoms with Crippen molar-refractivity contribution < 1.29 is 27.4 Å². The van der Waals surface area contributed by atoms with Crippen LogP contribution in [-0.4, -0.2) is 41.6 Å². The molecule has 0 aromatic carbocycles. The lowest BCUT2D eigenvalue weighted by Crippen LogP contribution is -2.32. The Morgan fingerprint density at radius 1 is 1.38 bits per heavy atom. The molecule has 0 saturated carbocycles. The Morgan fingerprint density at radius 3 is 2.83 bits per heavy atom. The molecule has 1 atom stereocenters. The first-order valence-electron chi connectivity index (χ1n) is 7.73. The van der Waals surface area contributed by atoms with Gasteiger partial charge in [0.1, 0.15) is 6.10 Å². The van der Waals surface area contributed by atoms with Crippen LogP contribution in [0.3, 0.4) is 0 Å². The molecule has 1 aromatic heterocycles. The fourth-order valence-corrected chi connectivity index (χ4v) is 2.72. The van der Waals surface area contributed by atoms with E-state index in [1.807, 2.05) is 0 Å². The average Bonchev–Trinajstić information content (AvgIpc) is 3.03. The minimum absolute atomic E-state index is 0.0684. The van der Waals surface area contributed by atoms with Crippen molar-refractivity contribution >= 4 is 5.91 Å². The van der Waals surface area contributed by atoms with Gasteiger partial charge in [0, 0.05) is 25.2 Å². The number of hydrogen-bond donors (Lipinski definition) is 0. The molecule has 1 amide bonds. The molecule has 1 aromatic rings. The van der Waals surface area contributed by atoms with Gasteiger partial charge in [-0.05, 0) is 18.9 Å². The van der Waals surface area contributed by atoms with Crippen LogP contribution in [0.5, 0.6) is 5.88 Å². The first kappa shape index (κ1) is 16.6. The predicted octanol–water partition coefficient (Wildman–Crippen LogP) is 2.77. The number of hydrogen-bond acceptors (Lipinski definition) is 4. The van der Waals surface area contributed by atoms with Gasteiger partial charge in [0.2, 0.25) is 5.88 Å². The van der Waals surface area contributed by atoms with Crippen LogP contribution >= 0.6 is 0 Å². The van der Waals surface area contributed by atoms with E-state index >= 15 is 0 Å². The van der Waals surface area contributed by atoms with Gasteiger partial charge in [-0.25, -0.2) is 4.98 Å². The zero-order valence-corrected chi connectivity index (χ0v) is 12.9. The van der Waals surface area contributed by atoms with Crippen LogP contribution in [0.2, 0.25) is 0 Å². The molecule has 0 bridgehead atoms. The van der Waals surface area contributed by atoms with Crippen molar-refractivity contribution in [2.24, 2.45) is 0 Å². The molecule has 3 heterocycles. The van der Waals surface area contributed by atoms with Crippen LogP contribution in [0, 0.1) is 0 Å². The Kier molecular flexibility index (Phi) is 4.64. The van der Waals surface area contributed by atoms with Gasteiger partial charge >= 0.3 is 6.18 Å². The number of amides is 1. The third-order valence-corrected chi connectivity index (χ3v) is 3.99. The molecule has 3 rings (SSSR count). The summed E-state index contributed by atoms with van der Waals surface area (Å²) < 4.78 is 48.3. The van der Waals surface area contributed by atoms with Gasteiger partial charge in [0.25, 0.3) is 5.91 Å². The quantitative estimate of drug-likeness (QED) is 0.848. The van der Waals surface area contributed by atoms with Crippen LogP contribution in [0.25, 0.3) is 0 Å². The van der Waals surface area contributed by atoms with E-state index in [0.717, 1.165) is 18.7 Å². The number of ether oxygens (including phenoxy) is 2. The summed E-state index contributed by atoms with van der Waals surface area (Å²) >= 11 is 0. The molecule has 130 valence electrons. The highest BCUT2D eigenvalue weighted by Gasteiger charge is 2.32. The van der Waals surface area contributed by atoms with Crippen molar-refractivity contribution in [3.05, 3.63) is 35.7 Å². The maximum atomic E-state index is 12.5. The number of pyridine rings is 1. The summed E-state index contributed by atoms with van der Waals surface area (Å²) in [6.45, 7) is 1.56. The molecule has 0 radical (unpaired) electrons. The zero-order valence-electron chi connectivity index (χ0n) is 12.9. The van der Waals surface area contributed by atoms with Crippen LogP contribution < -0.4 is 4.74 Å². The largest absolute Gasteiger partial charge is 0.501 e. The number of halogens is 3. The van der Waals surface area contributed by atoms with Crippen molar-refractivity contribution in [3.63, 3.8) is 0 Å². The van der Waals surface area contributed by atoms with Gasteiger partial charge < -0.3 is 14.4 Å². The van der Waals surface area contributed by atoms with Gasteiger partial charge in [0.15, 0.2) is 0 Å². The molecule has 1 saturated heterocycles. The van der Waals surface area contributed by atoms with Gasteiger partial charge in [-0.2, -0.15) is 13.2 Å². The van der Waals surface area contributed by atoms with E-state index in [0.29, 0.717) is 38.1 Å². The van der Waals surface area contributed by atoms with Crippen molar-refractivity contribution in [3.8, 4) is 5.88 Å². The Hall–Kier alpha value is -2.25. The molecule has 0 spiro atoms. The molecule has 8 heteroatoms. The summed E-state index contributed by atoms with van der Waals surface area (Å²) in [5.41, 5.74) is -0.170. The summed E-state index contributed by atoms with van der Waals surface area (Å²) in [5, 5.41) is 0. The number of rotatable bonds is 3. The van der Waals surface area contributed by atoms with E-state index in [1.54, 1.807) is 4.90 Å². The second-order valence-electron chi connectivity index (χ2n) is 5.78. The highest BCUT2D eigenvalue weighted by atomic mass is 19.4. The normalized spacial score (nSPS) is 21.2. The Balaban J connectivity index is 1.56. The molecular formula is C16H17F3N2O3. The van der Waals surface area contributed by atoms with E-state index in [-0.39, 0.29) is 17.9 Å². The van der Waals surface area contributed by atoms with E-state index < -0.39 is 11.7 Å². The summed E-state index contributed by atoms with van der Waals surface area (Å²) in [7, 11) is 0. The number of nitrogens with zero attached hydrogens (tertiary/aromatic N) is 2. The molecular weight excluding hydrogens is 325 g/mol. The van der Waals surface area contributed by atoms with E-state index in [2.05, 4.69) is 4.98 Å². The Labute approximate surface area is 137 Å². The lowest BCUT2D eigenvalue weighted by molar-refractivity contribution is -0.137. The summed E-state index contributed by atoms with van der Waals surface area (Å²) in [5.74, 6) is 0.0590. The number of likely N-dealkylation sites (tertiary alicyclic amines) is 1. The molecule has 24 heavy (non-hydrogen) atoms. The Morgan fingerprint density at radius 2 is 2.21 bits per heavy atom. The lowest BCUT2D eigenvalue weighted by atomic mass is 10.1. The van der Waals surface area contributed by atoms with Crippen molar-refractivity contribution in [1.82, 2.24) is 9.88 Å². The summed E-state index contributed by atoms with van der Waals surface area (Å²) in [6.07, 6.45) is -0.305. The van der Waals surface area contributed by atoms with Crippen LogP contribution in [0.15, 0.2) is 30.2 Å². The lowest BCUT2D eigenvalue weighted by Gasteiger charge is -2.20. The monoisotopic (exact) mass is 342 g/mol. The number of carbonyl (C=O) groups excluding carboxylic acids is 1. The third-order valence-electron chi connectivity index (χ3n) is 3.99. The van der Waals surface area contributed by atoms with Crippen molar-refractivity contribution in [1.29, 1.82) is 0 Å². The number of carbonyl (C=O) groups is 1. The standard InChI is InChI=1S/C16H17F3N2O3/c17-16(18,19)12-3-4-14(20-8-12)24-13-5-6-21(9-13)15(22)11-2-1-7-23-10-11/h3-4,8,10,13H,1-2,5-7,9H2. The van der Waals surface area contributed by atoms with Gasteiger partial charge in [-0.1, -0.05) is 0 Å². The highest BCUT2D eigenvalue weighted by molar-refractivity contribution is 5.93. The highest BCUT2D eigenvalue weighted by Crippen LogP contribution is 2.29. The Bertz CT molecular complexity index is 628. The number of aromatic nitrogens is 1. The number of alkyl halides is 3. The van der Waals surface area contributed by atoms with Crippen molar-refractivity contribution in [2.45, 2.75) is 31.5 Å². The molecule has 2 aliphatic heterocycles. The zero-order chi connectivity index (χ0) is 17.2. The second kappa shape index (κ2) is 6.70. The molecule has 1 fully saturated rings. The average molecular weight is 342 g/mol. The van der Waals surface area contributed by atoms with Gasteiger partial charge in [0.05, 0.1) is 30.6 Å². The molecule has 0 N–H and O–H groups in total. The maximum absolute atomic E-state index is 12.5. The van der Waals surface area contributed by atoms with E-state index in [9.17, 15) is 18.0 Å². The topological polar surface area (TPSA) is 51.7 Å². The summed E-state index contributed by atoms with van der Waals surface area (Å²) in [4.78, 5) is 17.7. The van der Waals surface area contributed by atoms with Gasteiger partial charge in [-0.3, -0.25) is 4.79 Å². The van der Waals surface area contributed by atoms with E-state index in [4.69, 9.17) is 9.47 Å². The van der Waals surface area contributed by atoms with E-state index in [1.165, 1.54) is 12.3 Å². The predicted molar refractivity (Wildman–Crippen MR) is 78.1 cm³/mol. The molecule has 2 aliphatic rings. The minimum Gasteiger partial charge on any atom is -0.501 e. The first-order valence-corrected chi connectivity index (χ1v) is 7.73. The maximum Gasteiger partial charge on any atom is 0.417 e. The van der Waals surface area contributed by atoms with Crippen LogP contribution in [0.4, 0.5) is 13.2 Å². The SMILES string of the molecule is O=C(C1=COCCC1)N1CCC(Oc2ccc(C(F)(F)F)cn2)C1. The fourth-order valence-electron chi connectivity index (χ4n) is 2.72. The smallest absolute Gasteiger partial charge is 0.417 e. The fraction of sp³-hybridized carbons (Fsp3) is 0.500. The van der Waals surface area contributed by atoms with Crippen LogP contribution in [-0.2, 0) is 15.7 Å². The van der Waals surface area contributed by atoms with Crippen molar-refractivity contribution in [2.75, 3.05) is 19.7 Å². The van der Waals surface area contributed by atoms with Gasteiger partial charge in [-0.15, -0.1) is 0 Å². The minimum atomic E-state index is -4.42. The molecule has 1 unspecified atom stereocenters. The second-order valence-corrected chi connectivity index (χ2v) is 5.78. The molecule has 5 nitrogen and oxygen atoms in total. The third kappa shape index (κ3) is 3.80. The summed E-state index contributed by atoms with van der Waals surface area (Å²) in [6, 6.07) is 2.13. The first-order chi connectivity index (χ1) is 11.4.